The maximum absolute atomic E-state index is 4.64. The van der Waals surface area contributed by atoms with E-state index in [9.17, 15) is 0 Å². The van der Waals surface area contributed by atoms with E-state index in [-0.39, 0.29) is 0 Å². The van der Waals surface area contributed by atoms with Crippen LogP contribution in [-0.4, -0.2) is 12.8 Å². The summed E-state index contributed by atoms with van der Waals surface area (Å²) in [5, 5.41) is 5.13. The van der Waals surface area contributed by atoms with Crippen molar-refractivity contribution in [2.24, 2.45) is 4.99 Å². The molecule has 34 heavy (non-hydrogen) atoms. The first-order valence-electron chi connectivity index (χ1n) is 11.8. The third-order valence-electron chi connectivity index (χ3n) is 6.58. The Kier molecular flexibility index (Phi) is 5.37. The summed E-state index contributed by atoms with van der Waals surface area (Å²) >= 11 is 0. The molecule has 1 aliphatic carbocycles. The molecule has 0 fully saturated rings. The van der Waals surface area contributed by atoms with Crippen molar-refractivity contribution >= 4 is 27.8 Å². The molecular formula is C33H25N. The molecule has 162 valence electrons. The van der Waals surface area contributed by atoms with Crippen molar-refractivity contribution in [3.63, 3.8) is 0 Å². The van der Waals surface area contributed by atoms with Crippen molar-refractivity contribution in [3.05, 3.63) is 132 Å². The Morgan fingerprint density at radius 2 is 1.12 bits per heavy atom. The molecule has 1 heteroatoms. The number of hydrogen-bond donors (Lipinski definition) is 0. The average molecular weight is 436 g/mol. The highest BCUT2D eigenvalue weighted by molar-refractivity contribution is 6.21. The van der Waals surface area contributed by atoms with E-state index in [1.54, 1.807) is 0 Å². The Bertz CT molecular complexity index is 1510. The van der Waals surface area contributed by atoms with Crippen LogP contribution in [0.3, 0.4) is 0 Å². The highest BCUT2D eigenvalue weighted by Gasteiger charge is 2.15. The van der Waals surface area contributed by atoms with Crippen LogP contribution < -0.4 is 0 Å². The third-order valence-corrected chi connectivity index (χ3v) is 6.58. The minimum absolute atomic E-state index is 0.769. The summed E-state index contributed by atoms with van der Waals surface area (Å²) in [6, 6.07) is 37.1. The number of hydrogen-bond acceptors (Lipinski definition) is 1. The molecule has 0 radical (unpaired) electrons. The van der Waals surface area contributed by atoms with E-state index in [0.29, 0.717) is 0 Å². The Labute approximate surface area is 200 Å². The van der Waals surface area contributed by atoms with Crippen LogP contribution in [0.15, 0.2) is 132 Å². The highest BCUT2D eigenvalue weighted by Crippen LogP contribution is 2.43. The molecule has 1 nitrogen and oxygen atoms in total. The molecule has 0 bridgehead atoms. The predicted molar refractivity (Wildman–Crippen MR) is 147 cm³/mol. The quantitative estimate of drug-likeness (QED) is 0.193. The van der Waals surface area contributed by atoms with Gasteiger partial charge in [-0.25, -0.2) is 0 Å². The fourth-order valence-corrected chi connectivity index (χ4v) is 4.97. The van der Waals surface area contributed by atoms with Crippen LogP contribution in [0.1, 0.15) is 12.0 Å². The normalized spacial score (nSPS) is 13.2. The van der Waals surface area contributed by atoms with Gasteiger partial charge in [0.05, 0.1) is 6.54 Å². The second-order valence-corrected chi connectivity index (χ2v) is 8.76. The Morgan fingerprint density at radius 3 is 1.65 bits per heavy atom. The summed E-state index contributed by atoms with van der Waals surface area (Å²) in [7, 11) is 0. The molecule has 0 saturated carbocycles. The van der Waals surface area contributed by atoms with Gasteiger partial charge in [0.1, 0.15) is 0 Å². The van der Waals surface area contributed by atoms with E-state index >= 15 is 0 Å². The third kappa shape index (κ3) is 3.76. The molecule has 0 aliphatic heterocycles. The second kappa shape index (κ2) is 8.96. The molecule has 6 rings (SSSR count). The van der Waals surface area contributed by atoms with Crippen molar-refractivity contribution in [3.8, 4) is 22.3 Å². The molecule has 0 saturated heterocycles. The van der Waals surface area contributed by atoms with E-state index in [1.165, 1.54) is 49.4 Å². The molecule has 1 aliphatic rings. The van der Waals surface area contributed by atoms with Crippen molar-refractivity contribution in [2.45, 2.75) is 6.42 Å². The molecular weight excluding hydrogens is 410 g/mol. The number of nitrogens with zero attached hydrogens (tertiary/aromatic N) is 1. The molecule has 0 N–H and O–H groups in total. The smallest absolute Gasteiger partial charge is 0.0605 e. The minimum atomic E-state index is 0.769. The molecule has 0 atom stereocenters. The van der Waals surface area contributed by atoms with Gasteiger partial charge < -0.3 is 0 Å². The van der Waals surface area contributed by atoms with Crippen molar-refractivity contribution in [1.29, 1.82) is 0 Å². The lowest BCUT2D eigenvalue weighted by atomic mass is 9.86. The van der Waals surface area contributed by atoms with Crippen LogP contribution in [0.25, 0.3) is 43.8 Å². The number of allylic oxidation sites excluding steroid dienone is 3. The molecule has 0 amide bonds. The van der Waals surface area contributed by atoms with E-state index < -0.39 is 0 Å². The maximum atomic E-state index is 4.64. The molecule has 0 aromatic heterocycles. The Morgan fingerprint density at radius 1 is 0.588 bits per heavy atom. The highest BCUT2D eigenvalue weighted by atomic mass is 14.7. The first kappa shape index (κ1) is 20.4. The van der Waals surface area contributed by atoms with Gasteiger partial charge >= 0.3 is 0 Å². The lowest BCUT2D eigenvalue weighted by molar-refractivity contribution is 1.09. The fraction of sp³-hybridized carbons (Fsp3) is 0.0606. The largest absolute Gasteiger partial charge is 0.288 e. The van der Waals surface area contributed by atoms with E-state index in [1.807, 2.05) is 6.21 Å². The molecule has 0 heterocycles. The topological polar surface area (TPSA) is 12.4 Å². The molecule has 0 spiro atoms. The van der Waals surface area contributed by atoms with Crippen molar-refractivity contribution in [1.82, 2.24) is 0 Å². The van der Waals surface area contributed by atoms with Gasteiger partial charge in [-0.1, -0.05) is 121 Å². The van der Waals surface area contributed by atoms with Gasteiger partial charge in [0.2, 0.25) is 0 Å². The summed E-state index contributed by atoms with van der Waals surface area (Å²) in [5.41, 5.74) is 7.56. The van der Waals surface area contributed by atoms with E-state index in [2.05, 4.69) is 126 Å². The average Bonchev–Trinajstić information content (AvgIpc) is 3.42. The van der Waals surface area contributed by atoms with Crippen LogP contribution in [0.5, 0.6) is 0 Å². The molecule has 0 unspecified atom stereocenters. The number of rotatable bonds is 5. The van der Waals surface area contributed by atoms with Crippen LogP contribution >= 0.6 is 0 Å². The zero-order valence-electron chi connectivity index (χ0n) is 19.0. The van der Waals surface area contributed by atoms with Gasteiger partial charge in [0.25, 0.3) is 0 Å². The SMILES string of the molecule is C1=CCC(CN=Cc2ccc(-c3c4ccccc4c(-c4ccccc4)c4ccccc34)cc2)=C1. The first-order chi connectivity index (χ1) is 16.9. The van der Waals surface area contributed by atoms with Gasteiger partial charge in [0, 0.05) is 6.21 Å². The summed E-state index contributed by atoms with van der Waals surface area (Å²) < 4.78 is 0. The standard InChI is InChI=1S/C33H25N/c1-2-12-26(13-3-1)32-28-14-6-8-16-30(28)33(31-17-9-7-15-29(31)32)27-20-18-25(19-21-27)23-34-22-24-10-4-5-11-24/h1-10,12-21,23H,11,22H2. The van der Waals surface area contributed by atoms with Crippen LogP contribution in [0, 0.1) is 0 Å². The monoisotopic (exact) mass is 435 g/mol. The Hall–Kier alpha value is -4.23. The lowest BCUT2D eigenvalue weighted by Gasteiger charge is -2.17. The lowest BCUT2D eigenvalue weighted by Crippen LogP contribution is -1.91. The Balaban J connectivity index is 1.48. The van der Waals surface area contributed by atoms with Crippen molar-refractivity contribution in [2.75, 3.05) is 6.54 Å². The summed E-state index contributed by atoms with van der Waals surface area (Å²) in [4.78, 5) is 4.64. The zero-order valence-corrected chi connectivity index (χ0v) is 19.0. The maximum Gasteiger partial charge on any atom is 0.0605 e. The second-order valence-electron chi connectivity index (χ2n) is 8.76. The zero-order chi connectivity index (χ0) is 22.7. The summed E-state index contributed by atoms with van der Waals surface area (Å²) in [6.45, 7) is 0.769. The molecule has 5 aromatic carbocycles. The molecule has 5 aromatic rings. The van der Waals surface area contributed by atoms with E-state index in [4.69, 9.17) is 0 Å². The summed E-state index contributed by atoms with van der Waals surface area (Å²) in [5.74, 6) is 0. The van der Waals surface area contributed by atoms with Crippen LogP contribution in [0.4, 0.5) is 0 Å². The number of fused-ring (bicyclic) bond motifs is 2. The van der Waals surface area contributed by atoms with Crippen LogP contribution in [0.2, 0.25) is 0 Å². The summed E-state index contributed by atoms with van der Waals surface area (Å²) in [6.07, 6.45) is 9.46. The van der Waals surface area contributed by atoms with Crippen LogP contribution in [-0.2, 0) is 0 Å². The number of benzene rings is 5. The van der Waals surface area contributed by atoms with E-state index in [0.717, 1.165) is 18.5 Å². The van der Waals surface area contributed by atoms with Gasteiger partial charge in [-0.3, -0.25) is 4.99 Å². The van der Waals surface area contributed by atoms with Gasteiger partial charge in [-0.05, 0) is 61.4 Å². The predicted octanol–water partition coefficient (Wildman–Crippen LogP) is 8.63. The number of aliphatic imine (C=N–C) groups is 1. The minimum Gasteiger partial charge on any atom is -0.288 e. The van der Waals surface area contributed by atoms with Gasteiger partial charge in [-0.15, -0.1) is 0 Å². The van der Waals surface area contributed by atoms with Gasteiger partial charge in [-0.2, -0.15) is 0 Å². The van der Waals surface area contributed by atoms with Gasteiger partial charge in [0.15, 0.2) is 0 Å². The van der Waals surface area contributed by atoms with Crippen molar-refractivity contribution < 1.29 is 0 Å². The first-order valence-corrected chi connectivity index (χ1v) is 11.8. The fourth-order valence-electron chi connectivity index (χ4n) is 4.97.